The van der Waals surface area contributed by atoms with Crippen molar-refractivity contribution in [2.45, 2.75) is 25.4 Å². The van der Waals surface area contributed by atoms with Gasteiger partial charge < -0.3 is 5.11 Å². The molecule has 0 aromatic heterocycles. The molecule has 0 amide bonds. The SMILES string of the molecule is C=C=CC(O)C1C=CCCC1. The summed E-state index contributed by atoms with van der Waals surface area (Å²) >= 11 is 0. The summed E-state index contributed by atoms with van der Waals surface area (Å²) in [7, 11) is 0. The molecule has 0 aromatic carbocycles. The summed E-state index contributed by atoms with van der Waals surface area (Å²) in [6.07, 6.45) is 8.88. The lowest BCUT2D eigenvalue weighted by atomic mass is 9.91. The molecule has 2 unspecified atom stereocenters. The van der Waals surface area contributed by atoms with Gasteiger partial charge in [-0.05, 0) is 25.3 Å². The largest absolute Gasteiger partial charge is 0.388 e. The van der Waals surface area contributed by atoms with Crippen LogP contribution in [-0.4, -0.2) is 11.2 Å². The Labute approximate surface area is 67.7 Å². The van der Waals surface area contributed by atoms with Crippen LogP contribution in [0, 0.1) is 5.92 Å². The zero-order valence-electron chi connectivity index (χ0n) is 6.66. The first-order chi connectivity index (χ1) is 5.34. The molecule has 0 saturated carbocycles. The Bertz CT molecular complexity index is 187. The molecule has 1 nitrogen and oxygen atoms in total. The maximum Gasteiger partial charge on any atom is 0.0856 e. The molecule has 0 fully saturated rings. The second kappa shape index (κ2) is 4.17. The van der Waals surface area contributed by atoms with Crippen molar-refractivity contribution < 1.29 is 5.11 Å². The molecule has 2 atom stereocenters. The van der Waals surface area contributed by atoms with Gasteiger partial charge in [0.25, 0.3) is 0 Å². The number of aliphatic hydroxyl groups excluding tert-OH is 1. The van der Waals surface area contributed by atoms with Crippen LogP contribution in [0.3, 0.4) is 0 Å². The van der Waals surface area contributed by atoms with Gasteiger partial charge in [-0.25, -0.2) is 0 Å². The van der Waals surface area contributed by atoms with Gasteiger partial charge in [0.2, 0.25) is 0 Å². The lowest BCUT2D eigenvalue weighted by Crippen LogP contribution is -2.17. The van der Waals surface area contributed by atoms with Crippen LogP contribution in [0.15, 0.2) is 30.5 Å². The Balaban J connectivity index is 2.51. The second-order valence-electron chi connectivity index (χ2n) is 2.88. The summed E-state index contributed by atoms with van der Waals surface area (Å²) in [6, 6.07) is 0. The van der Waals surface area contributed by atoms with E-state index in [4.69, 9.17) is 0 Å². The second-order valence-corrected chi connectivity index (χ2v) is 2.88. The number of hydrogen-bond acceptors (Lipinski definition) is 1. The molecular weight excluding hydrogens is 136 g/mol. The van der Waals surface area contributed by atoms with Gasteiger partial charge in [-0.15, -0.1) is 5.73 Å². The molecule has 0 bridgehead atoms. The normalized spacial score (nSPS) is 25.7. The van der Waals surface area contributed by atoms with Crippen LogP contribution in [0.5, 0.6) is 0 Å². The average Bonchev–Trinajstić information content (AvgIpc) is 2.07. The number of aliphatic hydroxyl groups is 1. The van der Waals surface area contributed by atoms with E-state index < -0.39 is 0 Å². The highest BCUT2D eigenvalue weighted by atomic mass is 16.3. The van der Waals surface area contributed by atoms with Gasteiger partial charge in [0.05, 0.1) is 6.10 Å². The van der Waals surface area contributed by atoms with E-state index in [0.717, 1.165) is 12.8 Å². The predicted octanol–water partition coefficient (Wildman–Crippen LogP) is 2.04. The third-order valence-corrected chi connectivity index (χ3v) is 2.02. The van der Waals surface area contributed by atoms with Crippen LogP contribution in [0.25, 0.3) is 0 Å². The molecule has 0 saturated heterocycles. The highest BCUT2D eigenvalue weighted by Gasteiger charge is 2.14. The van der Waals surface area contributed by atoms with Crippen molar-refractivity contribution >= 4 is 0 Å². The highest BCUT2D eigenvalue weighted by molar-refractivity contribution is 5.01. The fourth-order valence-corrected chi connectivity index (χ4v) is 1.37. The fraction of sp³-hybridized carbons (Fsp3) is 0.500. The van der Waals surface area contributed by atoms with Crippen LogP contribution < -0.4 is 0 Å². The minimum Gasteiger partial charge on any atom is -0.388 e. The van der Waals surface area contributed by atoms with Gasteiger partial charge in [-0.3, -0.25) is 0 Å². The molecule has 11 heavy (non-hydrogen) atoms. The summed E-state index contributed by atoms with van der Waals surface area (Å²) in [5.41, 5.74) is 2.61. The maximum absolute atomic E-state index is 9.46. The van der Waals surface area contributed by atoms with Crippen molar-refractivity contribution in [2.75, 3.05) is 0 Å². The van der Waals surface area contributed by atoms with Crippen molar-refractivity contribution in [3.63, 3.8) is 0 Å². The Kier molecular flexibility index (Phi) is 3.15. The van der Waals surface area contributed by atoms with Gasteiger partial charge in [-0.2, -0.15) is 0 Å². The minimum atomic E-state index is -0.385. The third kappa shape index (κ3) is 2.38. The van der Waals surface area contributed by atoms with E-state index in [0.29, 0.717) is 0 Å². The van der Waals surface area contributed by atoms with Gasteiger partial charge in [0.15, 0.2) is 0 Å². The summed E-state index contributed by atoms with van der Waals surface area (Å²) in [5, 5.41) is 9.46. The maximum atomic E-state index is 9.46. The standard InChI is InChI=1S/C10H14O/c1-2-6-10(11)9-7-4-3-5-8-9/h4,6-7,9-11H,1,3,5,8H2. The molecule has 1 aliphatic carbocycles. The molecule has 0 heterocycles. The van der Waals surface area contributed by atoms with E-state index in [1.165, 1.54) is 6.42 Å². The van der Waals surface area contributed by atoms with Gasteiger partial charge in [0, 0.05) is 5.92 Å². The number of hydrogen-bond donors (Lipinski definition) is 1. The van der Waals surface area contributed by atoms with E-state index in [2.05, 4.69) is 24.5 Å². The Morgan fingerprint density at radius 1 is 1.73 bits per heavy atom. The molecule has 0 aromatic rings. The first kappa shape index (κ1) is 8.32. The smallest absolute Gasteiger partial charge is 0.0856 e. The predicted molar refractivity (Wildman–Crippen MR) is 46.2 cm³/mol. The van der Waals surface area contributed by atoms with E-state index >= 15 is 0 Å². The van der Waals surface area contributed by atoms with Crippen LogP contribution in [0.2, 0.25) is 0 Å². The van der Waals surface area contributed by atoms with Gasteiger partial charge in [-0.1, -0.05) is 18.7 Å². The molecular formula is C10H14O. The Morgan fingerprint density at radius 3 is 3.09 bits per heavy atom. The Morgan fingerprint density at radius 2 is 2.55 bits per heavy atom. The minimum absolute atomic E-state index is 0.290. The molecule has 1 heteroatoms. The molecule has 1 N–H and O–H groups in total. The van der Waals surface area contributed by atoms with E-state index in [9.17, 15) is 5.11 Å². The molecule has 0 radical (unpaired) electrons. The third-order valence-electron chi connectivity index (χ3n) is 2.02. The summed E-state index contributed by atoms with van der Waals surface area (Å²) in [6.45, 7) is 3.43. The van der Waals surface area contributed by atoms with Crippen molar-refractivity contribution in [3.05, 3.63) is 30.5 Å². The monoisotopic (exact) mass is 150 g/mol. The lowest BCUT2D eigenvalue weighted by Gasteiger charge is -2.18. The average molecular weight is 150 g/mol. The van der Waals surface area contributed by atoms with Crippen molar-refractivity contribution in [1.29, 1.82) is 0 Å². The van der Waals surface area contributed by atoms with Crippen LogP contribution >= 0.6 is 0 Å². The lowest BCUT2D eigenvalue weighted by molar-refractivity contribution is 0.168. The molecule has 0 aliphatic heterocycles. The van der Waals surface area contributed by atoms with E-state index in [-0.39, 0.29) is 12.0 Å². The molecule has 1 rings (SSSR count). The van der Waals surface area contributed by atoms with Crippen molar-refractivity contribution in [2.24, 2.45) is 5.92 Å². The quantitative estimate of drug-likeness (QED) is 0.472. The first-order valence-corrected chi connectivity index (χ1v) is 4.05. The Hall–Kier alpha value is -0.780. The molecule has 1 aliphatic rings. The van der Waals surface area contributed by atoms with Gasteiger partial charge >= 0.3 is 0 Å². The van der Waals surface area contributed by atoms with Crippen LogP contribution in [-0.2, 0) is 0 Å². The first-order valence-electron chi connectivity index (χ1n) is 4.05. The van der Waals surface area contributed by atoms with Crippen LogP contribution in [0.1, 0.15) is 19.3 Å². The number of rotatable bonds is 2. The number of allylic oxidation sites excluding steroid dienone is 1. The molecule has 0 spiro atoms. The van der Waals surface area contributed by atoms with Crippen molar-refractivity contribution in [1.82, 2.24) is 0 Å². The zero-order valence-corrected chi connectivity index (χ0v) is 6.66. The van der Waals surface area contributed by atoms with Crippen molar-refractivity contribution in [3.8, 4) is 0 Å². The topological polar surface area (TPSA) is 20.2 Å². The summed E-state index contributed by atoms with van der Waals surface area (Å²) < 4.78 is 0. The van der Waals surface area contributed by atoms with Gasteiger partial charge in [0.1, 0.15) is 0 Å². The van der Waals surface area contributed by atoms with E-state index in [1.807, 2.05) is 0 Å². The van der Waals surface area contributed by atoms with E-state index in [1.54, 1.807) is 6.08 Å². The summed E-state index contributed by atoms with van der Waals surface area (Å²) in [4.78, 5) is 0. The van der Waals surface area contributed by atoms with Crippen LogP contribution in [0.4, 0.5) is 0 Å². The zero-order chi connectivity index (χ0) is 8.10. The highest BCUT2D eigenvalue weighted by Crippen LogP contribution is 2.20. The summed E-state index contributed by atoms with van der Waals surface area (Å²) in [5.74, 6) is 0.290. The fourth-order valence-electron chi connectivity index (χ4n) is 1.37. The molecule has 60 valence electrons.